The van der Waals surface area contributed by atoms with Gasteiger partial charge in [-0.25, -0.2) is 9.18 Å². The van der Waals surface area contributed by atoms with Crippen molar-refractivity contribution >= 4 is 17.6 Å². The Morgan fingerprint density at radius 1 is 1.00 bits per heavy atom. The van der Waals surface area contributed by atoms with Crippen LogP contribution in [0.1, 0.15) is 20.7 Å². The molecule has 2 N–H and O–H groups in total. The highest BCUT2D eigenvalue weighted by atomic mass is 19.1. The number of aromatic carboxylic acids is 1. The van der Waals surface area contributed by atoms with Crippen LogP contribution in [0.3, 0.4) is 0 Å². The van der Waals surface area contributed by atoms with Gasteiger partial charge in [0, 0.05) is 11.3 Å². The summed E-state index contributed by atoms with van der Waals surface area (Å²) in [5.41, 5.74) is 0.769. The minimum Gasteiger partial charge on any atom is -0.478 e. The zero-order valence-corrected chi connectivity index (χ0v) is 9.76. The summed E-state index contributed by atoms with van der Waals surface area (Å²) >= 11 is 0. The van der Waals surface area contributed by atoms with Crippen LogP contribution in [-0.4, -0.2) is 17.0 Å². The monoisotopic (exact) mass is 259 g/mol. The first-order valence-corrected chi connectivity index (χ1v) is 5.46. The van der Waals surface area contributed by atoms with E-state index in [0.717, 1.165) is 6.07 Å². The summed E-state index contributed by atoms with van der Waals surface area (Å²) < 4.78 is 13.0. The molecule has 2 rings (SSSR count). The van der Waals surface area contributed by atoms with E-state index >= 15 is 0 Å². The molecule has 0 heterocycles. The maximum Gasteiger partial charge on any atom is 0.335 e. The van der Waals surface area contributed by atoms with Crippen LogP contribution in [0.2, 0.25) is 0 Å². The highest BCUT2D eigenvalue weighted by molar-refractivity contribution is 6.04. The first kappa shape index (κ1) is 12.8. The third-order valence-electron chi connectivity index (χ3n) is 2.48. The van der Waals surface area contributed by atoms with Gasteiger partial charge >= 0.3 is 5.97 Å². The van der Waals surface area contributed by atoms with E-state index in [1.165, 1.54) is 42.5 Å². The number of hydrogen-bond donors (Lipinski definition) is 2. The number of carboxylic acid groups (broad SMARTS) is 1. The Balaban J connectivity index is 2.13. The zero-order chi connectivity index (χ0) is 13.8. The van der Waals surface area contributed by atoms with E-state index in [1.54, 1.807) is 0 Å². The molecule has 2 aromatic rings. The van der Waals surface area contributed by atoms with E-state index in [4.69, 9.17) is 5.11 Å². The van der Waals surface area contributed by atoms with Gasteiger partial charge in [0.05, 0.1) is 5.56 Å². The number of nitrogens with one attached hydrogen (secondary N) is 1. The van der Waals surface area contributed by atoms with Crippen molar-refractivity contribution in [1.82, 2.24) is 0 Å². The second kappa shape index (κ2) is 5.30. The fourth-order valence-corrected chi connectivity index (χ4v) is 1.53. The molecule has 0 saturated heterocycles. The molecule has 0 aromatic heterocycles. The van der Waals surface area contributed by atoms with Gasteiger partial charge in [0.1, 0.15) is 5.82 Å². The van der Waals surface area contributed by atoms with Crippen molar-refractivity contribution in [1.29, 1.82) is 0 Å². The molecule has 0 atom stereocenters. The summed E-state index contributed by atoms with van der Waals surface area (Å²) in [4.78, 5) is 22.5. The zero-order valence-electron chi connectivity index (χ0n) is 9.76. The van der Waals surface area contributed by atoms with Gasteiger partial charge in [-0.1, -0.05) is 6.07 Å². The lowest BCUT2D eigenvalue weighted by atomic mass is 10.2. The molecule has 0 radical (unpaired) electrons. The predicted molar refractivity (Wildman–Crippen MR) is 67.8 cm³/mol. The minimum atomic E-state index is -1.04. The summed E-state index contributed by atoms with van der Waals surface area (Å²) in [6.07, 6.45) is 0. The van der Waals surface area contributed by atoms with Gasteiger partial charge in [-0.05, 0) is 42.5 Å². The average molecular weight is 259 g/mol. The molecule has 96 valence electrons. The van der Waals surface area contributed by atoms with E-state index in [2.05, 4.69) is 5.32 Å². The molecular formula is C14H10FNO3. The Bertz CT molecular complexity index is 623. The normalized spacial score (nSPS) is 9.95. The van der Waals surface area contributed by atoms with Gasteiger partial charge in [0.15, 0.2) is 0 Å². The van der Waals surface area contributed by atoms with Crippen molar-refractivity contribution in [2.75, 3.05) is 5.32 Å². The lowest BCUT2D eigenvalue weighted by Crippen LogP contribution is -2.12. The largest absolute Gasteiger partial charge is 0.478 e. The van der Waals surface area contributed by atoms with Crippen LogP contribution >= 0.6 is 0 Å². The van der Waals surface area contributed by atoms with Crippen LogP contribution in [0.5, 0.6) is 0 Å². The molecule has 0 aliphatic carbocycles. The first-order chi connectivity index (χ1) is 9.06. The van der Waals surface area contributed by atoms with Gasteiger partial charge in [-0.2, -0.15) is 0 Å². The summed E-state index contributed by atoms with van der Waals surface area (Å²) in [5.74, 6) is -1.99. The summed E-state index contributed by atoms with van der Waals surface area (Å²) in [5, 5.41) is 11.3. The smallest absolute Gasteiger partial charge is 0.335 e. The average Bonchev–Trinajstić information content (AvgIpc) is 2.39. The Morgan fingerprint density at radius 2 is 1.68 bits per heavy atom. The van der Waals surface area contributed by atoms with E-state index in [1.807, 2.05) is 0 Å². The molecule has 2 aromatic carbocycles. The molecule has 4 nitrogen and oxygen atoms in total. The summed E-state index contributed by atoms with van der Waals surface area (Å²) in [6, 6.07) is 11.0. The first-order valence-electron chi connectivity index (χ1n) is 5.46. The van der Waals surface area contributed by atoms with E-state index in [9.17, 15) is 14.0 Å². The summed E-state index contributed by atoms with van der Waals surface area (Å²) in [6.45, 7) is 0. The molecule has 19 heavy (non-hydrogen) atoms. The lowest BCUT2D eigenvalue weighted by Gasteiger charge is -2.05. The Morgan fingerprint density at radius 3 is 2.26 bits per heavy atom. The molecule has 0 spiro atoms. The number of anilines is 1. The molecule has 0 aliphatic rings. The third kappa shape index (κ3) is 3.16. The molecular weight excluding hydrogens is 249 g/mol. The SMILES string of the molecule is O=C(O)c1ccc(NC(=O)c2cccc(F)c2)cc1. The lowest BCUT2D eigenvalue weighted by molar-refractivity contribution is 0.0696. The molecule has 5 heteroatoms. The second-order valence-corrected chi connectivity index (χ2v) is 3.85. The van der Waals surface area contributed by atoms with Crippen LogP contribution in [-0.2, 0) is 0 Å². The number of benzene rings is 2. The van der Waals surface area contributed by atoms with Crippen molar-refractivity contribution in [3.05, 3.63) is 65.5 Å². The molecule has 0 saturated carbocycles. The van der Waals surface area contributed by atoms with Gasteiger partial charge in [0.25, 0.3) is 5.91 Å². The van der Waals surface area contributed by atoms with E-state index < -0.39 is 17.7 Å². The van der Waals surface area contributed by atoms with E-state index in [0.29, 0.717) is 5.69 Å². The van der Waals surface area contributed by atoms with Crippen molar-refractivity contribution in [3.8, 4) is 0 Å². The third-order valence-corrected chi connectivity index (χ3v) is 2.48. The second-order valence-electron chi connectivity index (χ2n) is 3.85. The maximum atomic E-state index is 13.0. The Labute approximate surface area is 108 Å². The van der Waals surface area contributed by atoms with Crippen molar-refractivity contribution in [3.63, 3.8) is 0 Å². The van der Waals surface area contributed by atoms with Crippen LogP contribution in [0.4, 0.5) is 10.1 Å². The van der Waals surface area contributed by atoms with Gasteiger partial charge < -0.3 is 10.4 Å². The fraction of sp³-hybridized carbons (Fsp3) is 0. The number of carbonyl (C=O) groups excluding carboxylic acids is 1. The van der Waals surface area contributed by atoms with Gasteiger partial charge in [0.2, 0.25) is 0 Å². The highest BCUT2D eigenvalue weighted by Gasteiger charge is 2.07. The highest BCUT2D eigenvalue weighted by Crippen LogP contribution is 2.12. The van der Waals surface area contributed by atoms with Crippen molar-refractivity contribution in [2.45, 2.75) is 0 Å². The molecule has 0 fully saturated rings. The number of carboxylic acids is 1. The number of amides is 1. The number of halogens is 1. The fourth-order valence-electron chi connectivity index (χ4n) is 1.53. The summed E-state index contributed by atoms with van der Waals surface area (Å²) in [7, 11) is 0. The van der Waals surface area contributed by atoms with Crippen molar-refractivity contribution < 1.29 is 19.1 Å². The van der Waals surface area contributed by atoms with Crippen LogP contribution in [0.25, 0.3) is 0 Å². The molecule has 0 aliphatic heterocycles. The van der Waals surface area contributed by atoms with Crippen LogP contribution < -0.4 is 5.32 Å². The Kier molecular flexibility index (Phi) is 3.56. The van der Waals surface area contributed by atoms with E-state index in [-0.39, 0.29) is 11.1 Å². The van der Waals surface area contributed by atoms with Crippen molar-refractivity contribution in [2.24, 2.45) is 0 Å². The quantitative estimate of drug-likeness (QED) is 0.890. The predicted octanol–water partition coefficient (Wildman–Crippen LogP) is 2.78. The number of carbonyl (C=O) groups is 2. The standard InChI is InChI=1S/C14H10FNO3/c15-11-3-1-2-10(8-11)13(17)16-12-6-4-9(5-7-12)14(18)19/h1-8H,(H,16,17)(H,18,19). The van der Waals surface area contributed by atoms with Gasteiger partial charge in [-0.3, -0.25) is 4.79 Å². The topological polar surface area (TPSA) is 66.4 Å². The molecule has 1 amide bonds. The molecule has 0 bridgehead atoms. The van der Waals surface area contributed by atoms with Gasteiger partial charge in [-0.15, -0.1) is 0 Å². The maximum absolute atomic E-state index is 13.0. The molecule has 0 unspecified atom stereocenters. The van der Waals surface area contributed by atoms with Crippen LogP contribution in [0.15, 0.2) is 48.5 Å². The minimum absolute atomic E-state index is 0.128. The Hall–Kier alpha value is -2.69. The van der Waals surface area contributed by atoms with Crippen LogP contribution in [0, 0.1) is 5.82 Å². The number of rotatable bonds is 3. The number of hydrogen-bond acceptors (Lipinski definition) is 2.